The molecule has 3 heterocycles. The van der Waals surface area contributed by atoms with Crippen molar-refractivity contribution in [3.05, 3.63) is 47.5 Å². The number of aromatic nitrogens is 1. The van der Waals surface area contributed by atoms with Gasteiger partial charge in [-0.05, 0) is 37.5 Å². The second-order valence-electron chi connectivity index (χ2n) is 7.68. The number of nitriles is 1. The first kappa shape index (κ1) is 19.9. The minimum atomic E-state index is -4.79. The van der Waals surface area contributed by atoms with Gasteiger partial charge < -0.3 is 10.0 Å². The fourth-order valence-corrected chi connectivity index (χ4v) is 5.56. The molecule has 11 heteroatoms. The standard InChI is InChI=1S/C20H14F4N4O2S/c21-13-7-11(29)2-3-15(13)28-17-16(31-17)27(18(30)19(28)4-1-5-19)10-6-12(20(22,23)24)14(8-25)26-9-10/h2-3,6-7,9,16-17,29H,1,4-5H2. The van der Waals surface area contributed by atoms with E-state index in [9.17, 15) is 27.5 Å². The Balaban J connectivity index is 1.58. The molecule has 2 saturated heterocycles. The average Bonchev–Trinajstić information content (AvgIpc) is 3.45. The largest absolute Gasteiger partial charge is 0.508 e. The molecule has 31 heavy (non-hydrogen) atoms. The molecule has 0 bridgehead atoms. The predicted octanol–water partition coefficient (Wildman–Crippen LogP) is 3.99. The summed E-state index contributed by atoms with van der Waals surface area (Å²) in [5, 5.41) is 17.6. The summed E-state index contributed by atoms with van der Waals surface area (Å²) in [6.45, 7) is 0. The van der Waals surface area contributed by atoms with Crippen LogP contribution in [0.4, 0.5) is 28.9 Å². The van der Waals surface area contributed by atoms with Crippen LogP contribution in [0.25, 0.3) is 0 Å². The number of carbonyl (C=O) groups excluding carboxylic acids is 1. The van der Waals surface area contributed by atoms with Crippen molar-refractivity contribution in [3.63, 3.8) is 0 Å². The highest BCUT2D eigenvalue weighted by Gasteiger charge is 2.66. The van der Waals surface area contributed by atoms with Crippen LogP contribution in [-0.2, 0) is 11.0 Å². The van der Waals surface area contributed by atoms with E-state index in [0.29, 0.717) is 12.8 Å². The summed E-state index contributed by atoms with van der Waals surface area (Å²) in [5.74, 6) is -1.33. The third kappa shape index (κ3) is 2.85. The summed E-state index contributed by atoms with van der Waals surface area (Å²) in [4.78, 5) is 20.2. The number of phenolic OH excluding ortho intramolecular Hbond substituents is 1. The van der Waals surface area contributed by atoms with Crippen molar-refractivity contribution < 1.29 is 27.5 Å². The van der Waals surface area contributed by atoms with Crippen LogP contribution >= 0.6 is 11.8 Å². The molecule has 1 N–H and O–H groups in total. The van der Waals surface area contributed by atoms with Crippen LogP contribution in [0.5, 0.6) is 5.75 Å². The summed E-state index contributed by atoms with van der Waals surface area (Å²) in [5.41, 5.74) is -2.88. The summed E-state index contributed by atoms with van der Waals surface area (Å²) in [7, 11) is 0. The minimum absolute atomic E-state index is 0.0339. The Labute approximate surface area is 178 Å². The number of hydrogen-bond donors (Lipinski definition) is 1. The van der Waals surface area contributed by atoms with E-state index >= 15 is 0 Å². The van der Waals surface area contributed by atoms with Crippen molar-refractivity contribution in [1.82, 2.24) is 4.98 Å². The Morgan fingerprint density at radius 1 is 1.26 bits per heavy atom. The van der Waals surface area contributed by atoms with E-state index in [4.69, 9.17) is 5.26 Å². The van der Waals surface area contributed by atoms with E-state index in [1.54, 1.807) is 4.90 Å². The predicted molar refractivity (Wildman–Crippen MR) is 104 cm³/mol. The van der Waals surface area contributed by atoms with Crippen LogP contribution in [-0.4, -0.2) is 32.3 Å². The molecule has 1 spiro atoms. The molecule has 2 unspecified atom stereocenters. The molecular weight excluding hydrogens is 436 g/mol. The van der Waals surface area contributed by atoms with Crippen molar-refractivity contribution >= 4 is 29.0 Å². The van der Waals surface area contributed by atoms with Crippen molar-refractivity contribution in [1.29, 1.82) is 5.26 Å². The zero-order valence-electron chi connectivity index (χ0n) is 15.7. The number of thioether (sulfide) groups is 1. The van der Waals surface area contributed by atoms with Crippen LogP contribution in [0, 0.1) is 17.1 Å². The van der Waals surface area contributed by atoms with E-state index in [0.717, 1.165) is 24.8 Å². The van der Waals surface area contributed by atoms with Gasteiger partial charge in [0, 0.05) is 6.07 Å². The number of piperazine rings is 1. The average molecular weight is 450 g/mol. The van der Waals surface area contributed by atoms with Crippen LogP contribution in [0.1, 0.15) is 30.5 Å². The molecule has 2 aliphatic heterocycles. The number of halogens is 4. The Kier molecular flexibility index (Phi) is 4.18. The Morgan fingerprint density at radius 3 is 2.58 bits per heavy atom. The highest BCUT2D eigenvalue weighted by molar-refractivity contribution is 8.08. The highest BCUT2D eigenvalue weighted by Crippen LogP contribution is 2.60. The van der Waals surface area contributed by atoms with Gasteiger partial charge >= 0.3 is 6.18 Å². The second kappa shape index (κ2) is 6.50. The summed E-state index contributed by atoms with van der Waals surface area (Å²) in [6, 6.07) is 5.93. The molecule has 160 valence electrons. The van der Waals surface area contributed by atoms with E-state index in [2.05, 4.69) is 4.98 Å². The third-order valence-corrected chi connectivity index (χ3v) is 7.15. The number of pyridine rings is 1. The summed E-state index contributed by atoms with van der Waals surface area (Å²) < 4.78 is 54.9. The van der Waals surface area contributed by atoms with Gasteiger partial charge in [0.1, 0.15) is 33.9 Å². The molecule has 1 saturated carbocycles. The zero-order valence-corrected chi connectivity index (χ0v) is 16.5. The van der Waals surface area contributed by atoms with Crippen LogP contribution < -0.4 is 9.80 Å². The van der Waals surface area contributed by atoms with Gasteiger partial charge in [-0.2, -0.15) is 18.4 Å². The molecule has 2 atom stereocenters. The lowest BCUT2D eigenvalue weighted by Gasteiger charge is -2.54. The molecule has 1 aromatic carbocycles. The number of nitrogens with zero attached hydrogens (tertiary/aromatic N) is 4. The monoisotopic (exact) mass is 450 g/mol. The number of rotatable bonds is 2. The van der Waals surface area contributed by atoms with Gasteiger partial charge in [0.05, 0.1) is 23.1 Å². The topological polar surface area (TPSA) is 80.5 Å². The Hall–Kier alpha value is -3.00. The molecule has 5 rings (SSSR count). The second-order valence-corrected chi connectivity index (χ2v) is 8.92. The number of phenols is 1. The van der Waals surface area contributed by atoms with Gasteiger partial charge in [0.25, 0.3) is 5.91 Å². The third-order valence-electron chi connectivity index (χ3n) is 5.97. The lowest BCUT2D eigenvalue weighted by atomic mass is 9.72. The van der Waals surface area contributed by atoms with Crippen molar-refractivity contribution in [2.45, 2.75) is 41.7 Å². The van der Waals surface area contributed by atoms with Gasteiger partial charge in [-0.3, -0.25) is 9.69 Å². The van der Waals surface area contributed by atoms with Gasteiger partial charge in [0.2, 0.25) is 0 Å². The van der Waals surface area contributed by atoms with Gasteiger partial charge in [-0.15, -0.1) is 11.8 Å². The Morgan fingerprint density at radius 2 is 2.00 bits per heavy atom. The first-order valence-corrected chi connectivity index (χ1v) is 10.4. The highest BCUT2D eigenvalue weighted by atomic mass is 32.2. The van der Waals surface area contributed by atoms with Crippen molar-refractivity contribution in [3.8, 4) is 11.8 Å². The molecule has 6 nitrogen and oxygen atoms in total. The fourth-order valence-electron chi connectivity index (χ4n) is 4.34. The van der Waals surface area contributed by atoms with Crippen LogP contribution in [0.2, 0.25) is 0 Å². The maximum absolute atomic E-state index is 14.6. The minimum Gasteiger partial charge on any atom is -0.508 e. The number of amides is 1. The molecular formula is C20H14F4N4O2S. The molecule has 0 radical (unpaired) electrons. The van der Waals surface area contributed by atoms with Gasteiger partial charge in [0.15, 0.2) is 5.69 Å². The molecule has 1 aromatic heterocycles. The summed E-state index contributed by atoms with van der Waals surface area (Å²) in [6.07, 6.45) is -2.11. The van der Waals surface area contributed by atoms with E-state index < -0.39 is 40.1 Å². The van der Waals surface area contributed by atoms with Crippen LogP contribution in [0.15, 0.2) is 30.5 Å². The smallest absolute Gasteiger partial charge is 0.419 e. The lowest BCUT2D eigenvalue weighted by molar-refractivity contribution is -0.138. The number of aromatic hydroxyl groups is 1. The first-order valence-electron chi connectivity index (χ1n) is 9.42. The number of carbonyl (C=O) groups is 1. The normalized spacial score (nSPS) is 23.9. The van der Waals surface area contributed by atoms with Crippen molar-refractivity contribution in [2.24, 2.45) is 0 Å². The van der Waals surface area contributed by atoms with Gasteiger partial charge in [-0.1, -0.05) is 0 Å². The van der Waals surface area contributed by atoms with Crippen LogP contribution in [0.3, 0.4) is 0 Å². The molecule has 3 fully saturated rings. The number of fused-ring (bicyclic) bond motifs is 1. The van der Waals surface area contributed by atoms with E-state index in [1.807, 2.05) is 0 Å². The summed E-state index contributed by atoms with van der Waals surface area (Å²) >= 11 is 1.32. The fraction of sp³-hybridized carbons (Fsp3) is 0.350. The SMILES string of the molecule is N#Cc1ncc(N2C(=O)C3(CCC3)N(c3ccc(O)cc3F)C3SC32)cc1C(F)(F)F. The number of hydrogen-bond acceptors (Lipinski definition) is 6. The Bertz CT molecular complexity index is 1140. The van der Waals surface area contributed by atoms with Crippen molar-refractivity contribution in [2.75, 3.05) is 9.80 Å². The zero-order chi connectivity index (χ0) is 22.1. The lowest BCUT2D eigenvalue weighted by Crippen LogP contribution is -2.69. The van der Waals surface area contributed by atoms with E-state index in [1.165, 1.54) is 34.9 Å². The number of anilines is 2. The first-order chi connectivity index (χ1) is 14.7. The number of benzene rings is 1. The van der Waals surface area contributed by atoms with Gasteiger partial charge in [-0.25, -0.2) is 9.37 Å². The molecule has 1 aliphatic carbocycles. The maximum Gasteiger partial charge on any atom is 0.419 e. The quantitative estimate of drug-likeness (QED) is 0.551. The van der Waals surface area contributed by atoms with E-state index in [-0.39, 0.29) is 22.5 Å². The molecule has 1 amide bonds. The maximum atomic E-state index is 14.6. The molecule has 2 aromatic rings. The number of alkyl halides is 3. The molecule has 3 aliphatic rings.